The molecule has 9 nitrogen and oxygen atoms in total. The average Bonchev–Trinajstić information content (AvgIpc) is 3.69. The van der Waals surface area contributed by atoms with Crippen molar-refractivity contribution >= 4 is 59.1 Å². The standard InChI is InChI=1S/C18H17Cl3N6.C4H6O.CH2O2/c1-11-14(8-13(9-25-11)26-10-18(19,20)21)15-4-6-24-17(27-15)12-3-5-23-16(7-12)22-2;5-3-4-1-2-4;2-1-3/h3-9,26H,10H2,1-2H3,(H,22,23);3-4H,1-2H2;1H,(H,2,3). The van der Waals surface area contributed by atoms with Crippen molar-refractivity contribution in [2.45, 2.75) is 23.6 Å². The van der Waals surface area contributed by atoms with Gasteiger partial charge in [-0.15, -0.1) is 0 Å². The third-order valence-electron chi connectivity index (χ3n) is 4.60. The highest BCUT2D eigenvalue weighted by atomic mass is 35.6. The molecule has 4 rings (SSSR count). The second kappa shape index (κ2) is 13.8. The molecule has 0 amide bonds. The van der Waals surface area contributed by atoms with Crippen molar-refractivity contribution in [3.05, 3.63) is 48.5 Å². The second-order valence-corrected chi connectivity index (χ2v) is 9.87. The molecule has 0 unspecified atom stereocenters. The quantitative estimate of drug-likeness (QED) is 0.292. The molecule has 0 aliphatic heterocycles. The van der Waals surface area contributed by atoms with Crippen LogP contribution in [-0.2, 0) is 9.59 Å². The number of aromatic nitrogens is 4. The highest BCUT2D eigenvalue weighted by Crippen LogP contribution is 2.29. The summed E-state index contributed by atoms with van der Waals surface area (Å²) in [6.07, 6.45) is 8.44. The van der Waals surface area contributed by atoms with Crippen LogP contribution in [0.5, 0.6) is 0 Å². The van der Waals surface area contributed by atoms with Gasteiger partial charge in [-0.2, -0.15) is 0 Å². The number of aryl methyl sites for hydroxylation is 1. The Kier molecular flexibility index (Phi) is 11.1. The van der Waals surface area contributed by atoms with Gasteiger partial charge in [0.25, 0.3) is 6.47 Å². The Morgan fingerprint density at radius 1 is 1.11 bits per heavy atom. The minimum absolute atomic E-state index is 0.167. The lowest BCUT2D eigenvalue weighted by Crippen LogP contribution is -2.17. The van der Waals surface area contributed by atoms with E-state index in [0.717, 1.165) is 53.1 Å². The number of alkyl halides is 3. The van der Waals surface area contributed by atoms with Gasteiger partial charge in [0.2, 0.25) is 3.79 Å². The summed E-state index contributed by atoms with van der Waals surface area (Å²) in [7, 11) is 1.81. The van der Waals surface area contributed by atoms with Crippen LogP contribution >= 0.6 is 34.8 Å². The molecule has 1 fully saturated rings. The average molecular weight is 540 g/mol. The fourth-order valence-electron chi connectivity index (χ4n) is 2.68. The van der Waals surface area contributed by atoms with Crippen LogP contribution in [0.25, 0.3) is 22.6 Å². The number of aldehydes is 1. The minimum atomic E-state index is -1.39. The number of carboxylic acid groups (broad SMARTS) is 1. The van der Waals surface area contributed by atoms with Crippen LogP contribution in [-0.4, -0.2) is 55.2 Å². The zero-order chi connectivity index (χ0) is 25.8. The lowest BCUT2D eigenvalue weighted by Gasteiger charge is -2.14. The molecule has 1 saturated carbocycles. The summed E-state index contributed by atoms with van der Waals surface area (Å²) in [4.78, 5) is 35.6. The summed E-state index contributed by atoms with van der Waals surface area (Å²) in [5, 5.41) is 13.0. The van der Waals surface area contributed by atoms with Crippen LogP contribution < -0.4 is 10.6 Å². The Hall–Kier alpha value is -3.01. The number of anilines is 2. The maximum absolute atomic E-state index is 9.57. The van der Waals surface area contributed by atoms with Crippen molar-refractivity contribution in [1.29, 1.82) is 0 Å². The van der Waals surface area contributed by atoms with E-state index in [4.69, 9.17) is 44.7 Å². The van der Waals surface area contributed by atoms with Crippen molar-refractivity contribution in [1.82, 2.24) is 19.9 Å². The lowest BCUT2D eigenvalue weighted by atomic mass is 10.1. The maximum atomic E-state index is 9.57. The van der Waals surface area contributed by atoms with Gasteiger partial charge in [0.15, 0.2) is 5.82 Å². The van der Waals surface area contributed by atoms with E-state index in [0.29, 0.717) is 11.7 Å². The van der Waals surface area contributed by atoms with E-state index in [1.807, 2.05) is 38.2 Å². The summed E-state index contributed by atoms with van der Waals surface area (Å²) in [6.45, 7) is 1.84. The van der Waals surface area contributed by atoms with Gasteiger partial charge in [-0.25, -0.2) is 15.0 Å². The number of rotatable bonds is 6. The first-order chi connectivity index (χ1) is 16.7. The van der Waals surface area contributed by atoms with Gasteiger partial charge >= 0.3 is 0 Å². The number of carbonyl (C=O) groups excluding carboxylic acids is 1. The lowest BCUT2D eigenvalue weighted by molar-refractivity contribution is -0.122. The van der Waals surface area contributed by atoms with E-state index in [9.17, 15) is 4.79 Å². The fraction of sp³-hybridized carbons (Fsp3) is 0.304. The minimum Gasteiger partial charge on any atom is -0.483 e. The van der Waals surface area contributed by atoms with Gasteiger partial charge in [-0.1, -0.05) is 34.8 Å². The van der Waals surface area contributed by atoms with E-state index in [2.05, 4.69) is 30.6 Å². The number of halogens is 3. The molecule has 0 aromatic carbocycles. The highest BCUT2D eigenvalue weighted by Gasteiger charge is 2.19. The van der Waals surface area contributed by atoms with E-state index in [1.54, 1.807) is 18.6 Å². The van der Waals surface area contributed by atoms with E-state index < -0.39 is 3.79 Å². The van der Waals surface area contributed by atoms with Crippen molar-refractivity contribution in [3.8, 4) is 22.6 Å². The smallest absolute Gasteiger partial charge is 0.290 e. The summed E-state index contributed by atoms with van der Waals surface area (Å²) in [5.41, 5.74) is 4.07. The summed E-state index contributed by atoms with van der Waals surface area (Å²) in [6, 6.07) is 7.52. The Morgan fingerprint density at radius 2 is 1.80 bits per heavy atom. The first kappa shape index (κ1) is 28.2. The zero-order valence-electron chi connectivity index (χ0n) is 19.1. The number of pyridine rings is 2. The SMILES string of the molecule is CNc1cc(-c2nccc(-c3cc(NCC(Cl)(Cl)Cl)cnc3C)n2)ccn1.O=CC1CC1.O=CO. The number of nitrogens with one attached hydrogen (secondary N) is 2. The molecule has 12 heteroatoms. The molecule has 35 heavy (non-hydrogen) atoms. The fourth-order valence-corrected chi connectivity index (χ4v) is 2.88. The highest BCUT2D eigenvalue weighted by molar-refractivity contribution is 6.67. The Labute approximate surface area is 218 Å². The van der Waals surface area contributed by atoms with Crippen LogP contribution in [0.15, 0.2) is 42.9 Å². The molecule has 3 aromatic rings. The molecule has 0 radical (unpaired) electrons. The van der Waals surface area contributed by atoms with Gasteiger partial charge in [-0.3, -0.25) is 9.78 Å². The topological polar surface area (TPSA) is 130 Å². The van der Waals surface area contributed by atoms with Crippen LogP contribution in [0.4, 0.5) is 11.5 Å². The Bertz CT molecular complexity index is 1120. The molecule has 3 heterocycles. The molecule has 0 spiro atoms. The molecule has 1 aliphatic carbocycles. The van der Waals surface area contributed by atoms with Crippen molar-refractivity contribution in [2.75, 3.05) is 24.2 Å². The summed E-state index contributed by atoms with van der Waals surface area (Å²) in [5.74, 6) is 1.80. The molecule has 0 bridgehead atoms. The van der Waals surface area contributed by atoms with Gasteiger partial charge < -0.3 is 20.5 Å². The second-order valence-electron chi connectivity index (χ2n) is 7.35. The Balaban J connectivity index is 0.000000462. The zero-order valence-corrected chi connectivity index (χ0v) is 21.3. The number of hydrogen-bond acceptors (Lipinski definition) is 8. The molecule has 0 atom stereocenters. The molecule has 186 valence electrons. The molecular formula is C23H25Cl3N6O3. The summed E-state index contributed by atoms with van der Waals surface area (Å²) >= 11 is 17.4. The molecule has 1 aliphatic rings. The van der Waals surface area contributed by atoms with Gasteiger partial charge in [0, 0.05) is 42.2 Å². The Morgan fingerprint density at radius 3 is 2.37 bits per heavy atom. The van der Waals surface area contributed by atoms with Crippen molar-refractivity contribution in [2.24, 2.45) is 5.92 Å². The third-order valence-corrected chi connectivity index (χ3v) is 5.00. The molecule has 3 aromatic heterocycles. The van der Waals surface area contributed by atoms with Crippen molar-refractivity contribution < 1.29 is 14.7 Å². The van der Waals surface area contributed by atoms with E-state index >= 15 is 0 Å². The van der Waals surface area contributed by atoms with Crippen LogP contribution in [0, 0.1) is 12.8 Å². The maximum Gasteiger partial charge on any atom is 0.290 e. The monoisotopic (exact) mass is 538 g/mol. The third kappa shape index (κ3) is 10.0. The van der Waals surface area contributed by atoms with Gasteiger partial charge in [-0.05, 0) is 44.0 Å². The predicted octanol–water partition coefficient (Wildman–Crippen LogP) is 5.03. The van der Waals surface area contributed by atoms with Crippen molar-refractivity contribution in [3.63, 3.8) is 0 Å². The number of nitrogens with zero attached hydrogens (tertiary/aromatic N) is 4. The van der Waals surface area contributed by atoms with Crippen LogP contribution in [0.1, 0.15) is 18.5 Å². The number of carbonyl (C=O) groups is 2. The number of hydrogen-bond donors (Lipinski definition) is 3. The molecule has 0 saturated heterocycles. The first-order valence-electron chi connectivity index (χ1n) is 10.5. The predicted molar refractivity (Wildman–Crippen MR) is 139 cm³/mol. The van der Waals surface area contributed by atoms with Crippen LogP contribution in [0.3, 0.4) is 0 Å². The van der Waals surface area contributed by atoms with Gasteiger partial charge in [0.1, 0.15) is 12.1 Å². The van der Waals surface area contributed by atoms with Crippen LogP contribution in [0.2, 0.25) is 0 Å². The first-order valence-corrected chi connectivity index (χ1v) is 11.6. The normalized spacial score (nSPS) is 12.3. The summed E-state index contributed by atoms with van der Waals surface area (Å²) < 4.78 is -1.39. The molecular weight excluding hydrogens is 515 g/mol. The van der Waals surface area contributed by atoms with E-state index in [1.165, 1.54) is 0 Å². The largest absolute Gasteiger partial charge is 0.483 e. The molecule has 3 N–H and O–H groups in total. The van der Waals surface area contributed by atoms with Gasteiger partial charge in [0.05, 0.1) is 24.1 Å². The van der Waals surface area contributed by atoms with E-state index in [-0.39, 0.29) is 13.0 Å².